The highest BCUT2D eigenvalue weighted by Crippen LogP contribution is 2.13. The van der Waals surface area contributed by atoms with E-state index in [-0.39, 0.29) is 18.0 Å². The molecule has 1 heterocycles. The minimum absolute atomic E-state index is 0.132. The fourth-order valence-electron chi connectivity index (χ4n) is 3.73. The van der Waals surface area contributed by atoms with Crippen LogP contribution in [0.15, 0.2) is 73.0 Å². The average molecular weight is 458 g/mol. The molecule has 1 aliphatic rings. The molecular weight excluding hydrogens is 422 g/mol. The molecule has 2 aromatic carbocycles. The monoisotopic (exact) mass is 457 g/mol. The molecule has 0 aliphatic carbocycles. The van der Waals surface area contributed by atoms with Crippen molar-refractivity contribution >= 4 is 29.4 Å². The van der Waals surface area contributed by atoms with E-state index < -0.39 is 0 Å². The van der Waals surface area contributed by atoms with E-state index in [1.807, 2.05) is 55.6 Å². The number of ketones is 2. The van der Waals surface area contributed by atoms with Gasteiger partial charge in [-0.3, -0.25) is 9.59 Å². The summed E-state index contributed by atoms with van der Waals surface area (Å²) in [4.78, 5) is 29.3. The lowest BCUT2D eigenvalue weighted by Crippen LogP contribution is -2.45. The quantitative estimate of drug-likeness (QED) is 0.392. The molecule has 178 valence electrons. The van der Waals surface area contributed by atoms with Crippen molar-refractivity contribution in [2.24, 2.45) is 0 Å². The number of hydrogen-bond donors (Lipinski definition) is 1. The fourth-order valence-corrected chi connectivity index (χ4v) is 3.73. The lowest BCUT2D eigenvalue weighted by atomic mass is 10.1. The van der Waals surface area contributed by atoms with Gasteiger partial charge in [0.05, 0.1) is 6.42 Å². The molecule has 0 radical (unpaired) electrons. The van der Waals surface area contributed by atoms with E-state index in [0.717, 1.165) is 56.0 Å². The number of anilines is 1. The number of carbonyl (C=O) groups is 2. The van der Waals surface area contributed by atoms with Gasteiger partial charge in [-0.25, -0.2) is 0 Å². The summed E-state index contributed by atoms with van der Waals surface area (Å²) in [6, 6.07) is 16.0. The van der Waals surface area contributed by atoms with Crippen LogP contribution in [0, 0.1) is 0 Å². The second kappa shape index (κ2) is 13.4. The van der Waals surface area contributed by atoms with Gasteiger partial charge in [0, 0.05) is 38.4 Å². The second-order valence-corrected chi connectivity index (χ2v) is 8.68. The summed E-state index contributed by atoms with van der Waals surface area (Å²) >= 11 is 0. The first-order valence-corrected chi connectivity index (χ1v) is 11.9. The molecule has 34 heavy (non-hydrogen) atoms. The Bertz CT molecular complexity index is 1030. The number of piperazine rings is 1. The summed E-state index contributed by atoms with van der Waals surface area (Å²) in [6.07, 6.45) is 11.1. The third-order valence-corrected chi connectivity index (χ3v) is 5.87. The summed E-state index contributed by atoms with van der Waals surface area (Å²) in [6.45, 7) is 7.55. The molecule has 0 unspecified atom stereocenters. The number of benzene rings is 2. The Morgan fingerprint density at radius 1 is 0.912 bits per heavy atom. The first kappa shape index (κ1) is 25.3. The minimum Gasteiger partial charge on any atom is -0.362 e. The number of allylic oxidation sites excluding steroid dienone is 3. The molecule has 5 nitrogen and oxygen atoms in total. The highest BCUT2D eigenvalue weighted by Gasteiger charge is 2.13. The van der Waals surface area contributed by atoms with Crippen LogP contribution in [0.1, 0.15) is 30.0 Å². The van der Waals surface area contributed by atoms with Crippen LogP contribution in [-0.2, 0) is 16.0 Å². The largest absolute Gasteiger partial charge is 0.362 e. The molecule has 1 aliphatic heterocycles. The molecule has 0 saturated carbocycles. The molecule has 0 amide bonds. The molecular formula is C29H35N3O2. The van der Waals surface area contributed by atoms with Crippen molar-refractivity contribution in [1.29, 1.82) is 0 Å². The van der Waals surface area contributed by atoms with Gasteiger partial charge in [0.2, 0.25) is 0 Å². The van der Waals surface area contributed by atoms with E-state index in [1.165, 1.54) is 17.7 Å². The number of hydrogen-bond acceptors (Lipinski definition) is 5. The maximum absolute atomic E-state index is 12.2. The van der Waals surface area contributed by atoms with E-state index in [4.69, 9.17) is 0 Å². The van der Waals surface area contributed by atoms with Gasteiger partial charge in [0.15, 0.2) is 11.6 Å². The molecule has 5 heteroatoms. The molecule has 1 N–H and O–H groups in total. The molecule has 1 fully saturated rings. The highest BCUT2D eigenvalue weighted by atomic mass is 16.1. The Morgan fingerprint density at radius 2 is 1.59 bits per heavy atom. The smallest absolute Gasteiger partial charge is 0.163 e. The van der Waals surface area contributed by atoms with Crippen molar-refractivity contribution in [3.8, 4) is 0 Å². The normalized spacial score (nSPS) is 15.5. The minimum atomic E-state index is -0.208. The predicted octanol–water partition coefficient (Wildman–Crippen LogP) is 4.68. The number of likely N-dealkylation sites (N-methyl/N-ethyl adjacent to an activating group) is 1. The second-order valence-electron chi connectivity index (χ2n) is 8.68. The summed E-state index contributed by atoms with van der Waals surface area (Å²) in [5, 5.41) is 3.15. The van der Waals surface area contributed by atoms with Crippen LogP contribution in [0.5, 0.6) is 0 Å². The summed E-state index contributed by atoms with van der Waals surface area (Å²) < 4.78 is 0. The van der Waals surface area contributed by atoms with Crippen LogP contribution in [0.2, 0.25) is 0 Å². The van der Waals surface area contributed by atoms with E-state index in [9.17, 15) is 9.59 Å². The summed E-state index contributed by atoms with van der Waals surface area (Å²) in [7, 11) is 2.17. The molecule has 0 bridgehead atoms. The molecule has 1 saturated heterocycles. The van der Waals surface area contributed by atoms with Crippen LogP contribution < -0.4 is 5.32 Å². The topological polar surface area (TPSA) is 52.7 Å². The van der Waals surface area contributed by atoms with Gasteiger partial charge < -0.3 is 15.1 Å². The number of nitrogens with zero attached hydrogens (tertiary/aromatic N) is 2. The van der Waals surface area contributed by atoms with Gasteiger partial charge in [-0.05, 0) is 67.6 Å². The Hall–Kier alpha value is -3.28. The number of nitrogens with one attached hydrogen (secondary N) is 1. The Balaban J connectivity index is 1.43. The van der Waals surface area contributed by atoms with E-state index in [0.29, 0.717) is 0 Å². The summed E-state index contributed by atoms with van der Waals surface area (Å²) in [5.41, 5.74) is 4.11. The Labute approximate surface area is 203 Å². The fraction of sp³-hybridized carbons (Fsp3) is 0.310. The predicted molar refractivity (Wildman–Crippen MR) is 142 cm³/mol. The van der Waals surface area contributed by atoms with Gasteiger partial charge in [-0.1, -0.05) is 54.6 Å². The molecule has 3 rings (SSSR count). The van der Waals surface area contributed by atoms with Gasteiger partial charge in [-0.15, -0.1) is 0 Å². The summed E-state index contributed by atoms with van der Waals surface area (Å²) in [5.74, 6) is -0.405. The SMILES string of the molecule is C/C=C\Nc1cccc(/C=C/C(=O)CC(=O)/C=C/c2ccc(CCN3CCN(C)CC3)cc2)c1. The Kier molecular flexibility index (Phi) is 10.0. The maximum Gasteiger partial charge on any atom is 0.163 e. The molecule has 2 aromatic rings. The lowest BCUT2D eigenvalue weighted by molar-refractivity contribution is -0.121. The van der Waals surface area contributed by atoms with Crippen molar-refractivity contribution in [3.05, 3.63) is 89.6 Å². The zero-order valence-electron chi connectivity index (χ0n) is 20.2. The van der Waals surface area contributed by atoms with Crippen molar-refractivity contribution in [1.82, 2.24) is 9.80 Å². The molecule has 0 atom stereocenters. The molecule has 0 aromatic heterocycles. The van der Waals surface area contributed by atoms with Crippen LogP contribution in [0.25, 0.3) is 12.2 Å². The highest BCUT2D eigenvalue weighted by molar-refractivity contribution is 6.10. The van der Waals surface area contributed by atoms with Gasteiger partial charge in [0.25, 0.3) is 0 Å². The van der Waals surface area contributed by atoms with E-state index >= 15 is 0 Å². The van der Waals surface area contributed by atoms with Crippen LogP contribution in [0.3, 0.4) is 0 Å². The zero-order valence-corrected chi connectivity index (χ0v) is 20.2. The van der Waals surface area contributed by atoms with Crippen LogP contribution in [0.4, 0.5) is 5.69 Å². The van der Waals surface area contributed by atoms with Gasteiger partial charge in [0.1, 0.15) is 0 Å². The van der Waals surface area contributed by atoms with Crippen molar-refractivity contribution < 1.29 is 9.59 Å². The maximum atomic E-state index is 12.2. The third-order valence-electron chi connectivity index (χ3n) is 5.87. The zero-order chi connectivity index (χ0) is 24.2. The third kappa shape index (κ3) is 8.93. The standard InChI is InChI=1S/C29H35N3O2/c1-3-16-30-27-6-4-5-26(22-27)12-14-29(34)23-28(33)13-11-24-7-9-25(10-8-24)15-17-32-20-18-31(2)19-21-32/h3-14,16,22,30H,15,17-21,23H2,1-2H3/b13-11+,14-12+,16-3-. The average Bonchev–Trinajstić information content (AvgIpc) is 2.85. The first-order chi connectivity index (χ1) is 16.5. The van der Waals surface area contributed by atoms with E-state index in [2.05, 4.69) is 34.3 Å². The Morgan fingerprint density at radius 3 is 2.26 bits per heavy atom. The van der Waals surface area contributed by atoms with Gasteiger partial charge >= 0.3 is 0 Å². The molecule has 0 spiro atoms. The van der Waals surface area contributed by atoms with Crippen LogP contribution in [-0.4, -0.2) is 61.1 Å². The van der Waals surface area contributed by atoms with Crippen molar-refractivity contribution in [2.45, 2.75) is 19.8 Å². The number of rotatable bonds is 11. The van der Waals surface area contributed by atoms with Crippen LogP contribution >= 0.6 is 0 Å². The number of carbonyl (C=O) groups excluding carboxylic acids is 2. The van der Waals surface area contributed by atoms with Crippen molar-refractivity contribution in [2.75, 3.05) is 45.1 Å². The first-order valence-electron chi connectivity index (χ1n) is 11.9. The van der Waals surface area contributed by atoms with Crippen molar-refractivity contribution in [3.63, 3.8) is 0 Å². The van der Waals surface area contributed by atoms with Gasteiger partial charge in [-0.2, -0.15) is 0 Å². The van der Waals surface area contributed by atoms with E-state index in [1.54, 1.807) is 12.2 Å². The lowest BCUT2D eigenvalue weighted by Gasteiger charge is -2.32.